The predicted molar refractivity (Wildman–Crippen MR) is 81.7 cm³/mol. The maximum Gasteiger partial charge on any atom is 0.269 e. The zero-order valence-corrected chi connectivity index (χ0v) is 12.8. The number of rotatable bonds is 5. The number of ether oxygens (including phenoxy) is 1. The number of non-ortho nitro benzene ring substituents is 1. The monoisotopic (exact) mass is 322 g/mol. The molecule has 2 aromatic rings. The highest BCUT2D eigenvalue weighted by Crippen LogP contribution is 2.31. The van der Waals surface area contributed by atoms with Crippen LogP contribution in [0.1, 0.15) is 0 Å². The number of sulfonamides is 1. The van der Waals surface area contributed by atoms with Crippen molar-refractivity contribution < 1.29 is 18.1 Å². The molecular weight excluding hydrogens is 308 g/mol. The van der Waals surface area contributed by atoms with E-state index in [1.165, 1.54) is 26.3 Å². The molecule has 0 spiro atoms. The van der Waals surface area contributed by atoms with Gasteiger partial charge in [-0.15, -0.1) is 0 Å². The highest BCUT2D eigenvalue weighted by Gasteiger charge is 2.24. The Morgan fingerprint density at radius 2 is 1.68 bits per heavy atom. The molecule has 8 heteroatoms. The van der Waals surface area contributed by atoms with Crippen LogP contribution in [0.3, 0.4) is 0 Å². The molecule has 0 aliphatic heterocycles. The summed E-state index contributed by atoms with van der Waals surface area (Å²) in [6.45, 7) is 0. The second-order valence-electron chi connectivity index (χ2n) is 4.40. The van der Waals surface area contributed by atoms with E-state index in [1.54, 1.807) is 24.3 Å². The van der Waals surface area contributed by atoms with Gasteiger partial charge in [0.25, 0.3) is 15.7 Å². The summed E-state index contributed by atoms with van der Waals surface area (Å²) in [4.78, 5) is 10.0. The first kappa shape index (κ1) is 15.8. The van der Waals surface area contributed by atoms with E-state index >= 15 is 0 Å². The molecule has 116 valence electrons. The summed E-state index contributed by atoms with van der Waals surface area (Å²) in [5, 5.41) is 10.6. The Kier molecular flexibility index (Phi) is 4.32. The van der Waals surface area contributed by atoms with E-state index in [1.807, 2.05) is 0 Å². The molecule has 0 aliphatic carbocycles. The van der Waals surface area contributed by atoms with Crippen molar-refractivity contribution in [1.82, 2.24) is 0 Å². The van der Waals surface area contributed by atoms with Gasteiger partial charge in [-0.1, -0.05) is 12.1 Å². The molecule has 7 nitrogen and oxygen atoms in total. The van der Waals surface area contributed by atoms with Crippen LogP contribution in [0.15, 0.2) is 53.4 Å². The Bertz CT molecular complexity index is 787. The smallest absolute Gasteiger partial charge is 0.269 e. The summed E-state index contributed by atoms with van der Waals surface area (Å²) in [7, 11) is -0.989. The van der Waals surface area contributed by atoms with Crippen molar-refractivity contribution in [2.45, 2.75) is 4.90 Å². The summed E-state index contributed by atoms with van der Waals surface area (Å²) in [5.74, 6) is 0.412. The summed E-state index contributed by atoms with van der Waals surface area (Å²) in [6.07, 6.45) is 0. The number of hydrogen-bond donors (Lipinski definition) is 0. The minimum absolute atomic E-state index is 0.0356. The average molecular weight is 322 g/mol. The van der Waals surface area contributed by atoms with Crippen LogP contribution in [0.2, 0.25) is 0 Å². The van der Waals surface area contributed by atoms with Crippen LogP contribution < -0.4 is 9.04 Å². The summed E-state index contributed by atoms with van der Waals surface area (Å²) in [5.41, 5.74) is 0.210. The quantitative estimate of drug-likeness (QED) is 0.623. The highest BCUT2D eigenvalue weighted by atomic mass is 32.2. The van der Waals surface area contributed by atoms with Gasteiger partial charge in [-0.3, -0.25) is 14.4 Å². The highest BCUT2D eigenvalue weighted by molar-refractivity contribution is 7.92. The Hall–Kier alpha value is -2.61. The molecule has 2 rings (SSSR count). The fraction of sp³-hybridized carbons (Fsp3) is 0.143. The first-order valence-electron chi connectivity index (χ1n) is 6.24. The number of benzene rings is 2. The van der Waals surface area contributed by atoms with Crippen LogP contribution in [0.4, 0.5) is 11.4 Å². The second kappa shape index (κ2) is 6.02. The minimum Gasteiger partial charge on any atom is -0.495 e. The van der Waals surface area contributed by atoms with E-state index in [0.29, 0.717) is 11.4 Å². The lowest BCUT2D eigenvalue weighted by Gasteiger charge is -2.21. The largest absolute Gasteiger partial charge is 0.495 e. The van der Waals surface area contributed by atoms with Gasteiger partial charge in [0.1, 0.15) is 5.75 Å². The lowest BCUT2D eigenvalue weighted by atomic mass is 10.3. The first-order valence-corrected chi connectivity index (χ1v) is 7.68. The second-order valence-corrected chi connectivity index (χ2v) is 6.36. The summed E-state index contributed by atoms with van der Waals surface area (Å²) in [6, 6.07) is 11.4. The molecule has 0 heterocycles. The maximum absolute atomic E-state index is 12.6. The van der Waals surface area contributed by atoms with Gasteiger partial charge in [-0.05, 0) is 24.3 Å². The van der Waals surface area contributed by atoms with E-state index in [4.69, 9.17) is 4.74 Å². The minimum atomic E-state index is -3.84. The molecule has 0 bridgehead atoms. The van der Waals surface area contributed by atoms with E-state index in [9.17, 15) is 18.5 Å². The fourth-order valence-corrected chi connectivity index (χ4v) is 3.12. The van der Waals surface area contributed by atoms with Gasteiger partial charge < -0.3 is 4.74 Å². The zero-order chi connectivity index (χ0) is 16.3. The van der Waals surface area contributed by atoms with Crippen LogP contribution in [-0.4, -0.2) is 27.5 Å². The molecule has 0 unspecified atom stereocenters. The van der Waals surface area contributed by atoms with E-state index in [0.717, 1.165) is 16.4 Å². The Morgan fingerprint density at radius 3 is 2.23 bits per heavy atom. The Labute approximate surface area is 128 Å². The number of nitrogens with zero attached hydrogens (tertiary/aromatic N) is 2. The molecule has 0 N–H and O–H groups in total. The van der Waals surface area contributed by atoms with Crippen molar-refractivity contribution in [2.75, 3.05) is 18.5 Å². The van der Waals surface area contributed by atoms with Crippen LogP contribution in [0.25, 0.3) is 0 Å². The average Bonchev–Trinajstić information content (AvgIpc) is 2.54. The molecule has 0 saturated heterocycles. The van der Waals surface area contributed by atoms with Gasteiger partial charge in [0, 0.05) is 19.2 Å². The third-order valence-electron chi connectivity index (χ3n) is 3.13. The van der Waals surface area contributed by atoms with Gasteiger partial charge in [0.15, 0.2) is 0 Å². The lowest BCUT2D eigenvalue weighted by Crippen LogP contribution is -2.26. The molecule has 0 aliphatic rings. The molecule has 0 amide bonds. The summed E-state index contributed by atoms with van der Waals surface area (Å²) < 4.78 is 31.4. The van der Waals surface area contributed by atoms with E-state index < -0.39 is 14.9 Å². The van der Waals surface area contributed by atoms with Crippen LogP contribution >= 0.6 is 0 Å². The molecule has 0 fully saturated rings. The van der Waals surface area contributed by atoms with E-state index in [2.05, 4.69) is 0 Å². The van der Waals surface area contributed by atoms with Crippen molar-refractivity contribution >= 4 is 21.4 Å². The Balaban J connectivity index is 2.43. The van der Waals surface area contributed by atoms with Crippen molar-refractivity contribution in [3.63, 3.8) is 0 Å². The standard InChI is InChI=1S/C14H14N2O5S/c1-15(13-5-3-4-6-14(13)21-2)22(19,20)12-9-7-11(8-10-12)16(17)18/h3-10H,1-2H3. The van der Waals surface area contributed by atoms with Crippen LogP contribution in [0.5, 0.6) is 5.75 Å². The predicted octanol–water partition coefficient (Wildman–Crippen LogP) is 2.43. The number of hydrogen-bond acceptors (Lipinski definition) is 5. The number of nitro benzene ring substituents is 1. The van der Waals surface area contributed by atoms with Crippen molar-refractivity contribution in [2.24, 2.45) is 0 Å². The van der Waals surface area contributed by atoms with Gasteiger partial charge in [0.05, 0.1) is 22.6 Å². The molecular formula is C14H14N2O5S. The number of anilines is 1. The first-order chi connectivity index (χ1) is 10.4. The van der Waals surface area contributed by atoms with Crippen LogP contribution in [0, 0.1) is 10.1 Å². The molecule has 22 heavy (non-hydrogen) atoms. The third kappa shape index (κ3) is 2.86. The van der Waals surface area contributed by atoms with Crippen molar-refractivity contribution in [3.8, 4) is 5.75 Å². The van der Waals surface area contributed by atoms with Crippen LogP contribution in [-0.2, 0) is 10.0 Å². The lowest BCUT2D eigenvalue weighted by molar-refractivity contribution is -0.384. The SMILES string of the molecule is COc1ccccc1N(C)S(=O)(=O)c1ccc([N+](=O)[O-])cc1. The zero-order valence-electron chi connectivity index (χ0n) is 12.0. The Morgan fingerprint density at radius 1 is 1.09 bits per heavy atom. The number of methoxy groups -OCH3 is 1. The topological polar surface area (TPSA) is 89.8 Å². The van der Waals surface area contributed by atoms with Gasteiger partial charge >= 0.3 is 0 Å². The maximum atomic E-state index is 12.6. The van der Waals surface area contributed by atoms with Gasteiger partial charge in [-0.25, -0.2) is 8.42 Å². The van der Waals surface area contributed by atoms with Gasteiger partial charge in [-0.2, -0.15) is 0 Å². The van der Waals surface area contributed by atoms with Crippen molar-refractivity contribution in [1.29, 1.82) is 0 Å². The molecule has 0 saturated carbocycles. The fourth-order valence-electron chi connectivity index (χ4n) is 1.92. The van der Waals surface area contributed by atoms with Gasteiger partial charge in [0.2, 0.25) is 0 Å². The molecule has 2 aromatic carbocycles. The normalized spacial score (nSPS) is 11.0. The van der Waals surface area contributed by atoms with Crippen molar-refractivity contribution in [3.05, 3.63) is 58.6 Å². The molecule has 0 atom stereocenters. The van der Waals surface area contributed by atoms with E-state index in [-0.39, 0.29) is 10.6 Å². The molecule has 0 aromatic heterocycles. The molecule has 0 radical (unpaired) electrons. The number of para-hydroxylation sites is 2. The summed E-state index contributed by atoms with van der Waals surface area (Å²) >= 11 is 0. The third-order valence-corrected chi connectivity index (χ3v) is 4.92. The number of nitro groups is 1.